The maximum Gasteiger partial charge on any atom is 0.285 e. The first kappa shape index (κ1) is 16.9. The lowest BCUT2D eigenvalue weighted by atomic mass is 10.00. The second-order valence-corrected chi connectivity index (χ2v) is 6.08. The summed E-state index contributed by atoms with van der Waals surface area (Å²) in [6.07, 6.45) is -1.11. The fourth-order valence-electron chi connectivity index (χ4n) is 3.01. The number of amides is 2. The molecular formula is C22H15NO4. The molecule has 0 aliphatic carbocycles. The molecule has 0 fully saturated rings. The summed E-state index contributed by atoms with van der Waals surface area (Å²) in [5.41, 5.74) is 1.52. The molecule has 0 spiro atoms. The molecule has 1 aliphatic rings. The van der Waals surface area contributed by atoms with Gasteiger partial charge < -0.3 is 0 Å². The van der Waals surface area contributed by atoms with Crippen LogP contribution < -0.4 is 0 Å². The van der Waals surface area contributed by atoms with Crippen LogP contribution in [0.1, 0.15) is 42.7 Å². The van der Waals surface area contributed by atoms with Crippen molar-refractivity contribution in [3.63, 3.8) is 0 Å². The van der Waals surface area contributed by atoms with E-state index in [0.29, 0.717) is 16.2 Å². The molecule has 27 heavy (non-hydrogen) atoms. The summed E-state index contributed by atoms with van der Waals surface area (Å²) in [5, 5.41) is 0.684. The minimum absolute atomic E-state index is 0.265. The van der Waals surface area contributed by atoms with Crippen LogP contribution in [0, 0.1) is 0 Å². The summed E-state index contributed by atoms with van der Waals surface area (Å²) in [4.78, 5) is 44.0. The van der Waals surface area contributed by atoms with E-state index in [1.54, 1.807) is 78.9 Å². The van der Waals surface area contributed by atoms with Crippen LogP contribution in [0.4, 0.5) is 0 Å². The lowest BCUT2D eigenvalue weighted by Crippen LogP contribution is -2.34. The van der Waals surface area contributed by atoms with Gasteiger partial charge in [0.1, 0.15) is 0 Å². The molecule has 1 unspecified atom stereocenters. The average molecular weight is 357 g/mol. The molecule has 1 aliphatic heterocycles. The van der Waals surface area contributed by atoms with Crippen LogP contribution in [0.5, 0.6) is 0 Å². The Bertz CT molecular complexity index is 980. The molecule has 3 aromatic carbocycles. The van der Waals surface area contributed by atoms with E-state index in [-0.39, 0.29) is 16.9 Å². The standard InChI is InChI=1S/C22H15NO4/c24-19(15-9-3-1-4-10-15)20(16-11-5-2-6-12-16)27-23-21(25)17-13-7-8-14-18(17)22(23)26/h1-14,20H. The highest BCUT2D eigenvalue weighted by atomic mass is 16.7. The van der Waals surface area contributed by atoms with Gasteiger partial charge in [0.05, 0.1) is 11.1 Å². The average Bonchev–Trinajstić information content (AvgIpc) is 2.97. The summed E-state index contributed by atoms with van der Waals surface area (Å²) in [7, 11) is 0. The SMILES string of the molecule is O=C(c1ccccc1)C(ON1C(=O)c2ccccc2C1=O)c1ccccc1. The van der Waals surface area contributed by atoms with Crippen LogP contribution in [0.25, 0.3) is 0 Å². The molecule has 0 N–H and O–H groups in total. The van der Waals surface area contributed by atoms with Gasteiger partial charge in [0.15, 0.2) is 11.9 Å². The number of carbonyl (C=O) groups excluding carboxylic acids is 3. The van der Waals surface area contributed by atoms with Crippen molar-refractivity contribution in [3.8, 4) is 0 Å². The topological polar surface area (TPSA) is 63.7 Å². The second-order valence-electron chi connectivity index (χ2n) is 6.08. The third-order valence-corrected chi connectivity index (χ3v) is 4.37. The molecule has 4 rings (SSSR count). The van der Waals surface area contributed by atoms with Gasteiger partial charge in [-0.2, -0.15) is 0 Å². The smallest absolute Gasteiger partial charge is 0.285 e. The third-order valence-electron chi connectivity index (χ3n) is 4.37. The fourth-order valence-corrected chi connectivity index (χ4v) is 3.01. The Balaban J connectivity index is 1.70. The number of hydrogen-bond donors (Lipinski definition) is 0. The number of carbonyl (C=O) groups is 3. The minimum atomic E-state index is -1.11. The first-order chi connectivity index (χ1) is 13.2. The van der Waals surface area contributed by atoms with Crippen molar-refractivity contribution >= 4 is 17.6 Å². The van der Waals surface area contributed by atoms with E-state index >= 15 is 0 Å². The number of ketones is 1. The van der Waals surface area contributed by atoms with E-state index in [1.807, 2.05) is 6.07 Å². The van der Waals surface area contributed by atoms with Gasteiger partial charge in [-0.25, -0.2) is 4.84 Å². The predicted molar refractivity (Wildman–Crippen MR) is 98.0 cm³/mol. The summed E-state index contributed by atoms with van der Waals surface area (Å²) < 4.78 is 0. The molecule has 1 heterocycles. The summed E-state index contributed by atoms with van der Waals surface area (Å²) in [6.45, 7) is 0. The highest BCUT2D eigenvalue weighted by Crippen LogP contribution is 2.29. The quantitative estimate of drug-likeness (QED) is 0.514. The summed E-state index contributed by atoms with van der Waals surface area (Å²) in [6, 6.07) is 23.9. The number of fused-ring (bicyclic) bond motifs is 1. The third kappa shape index (κ3) is 3.05. The molecule has 0 saturated heterocycles. The molecule has 5 heteroatoms. The Kier molecular flexibility index (Phi) is 4.36. The van der Waals surface area contributed by atoms with Crippen molar-refractivity contribution in [2.24, 2.45) is 0 Å². The van der Waals surface area contributed by atoms with Gasteiger partial charge in [0, 0.05) is 5.56 Å². The van der Waals surface area contributed by atoms with Gasteiger partial charge in [-0.05, 0) is 17.7 Å². The molecule has 0 aromatic heterocycles. The lowest BCUT2D eigenvalue weighted by Gasteiger charge is -2.22. The zero-order valence-electron chi connectivity index (χ0n) is 14.2. The van der Waals surface area contributed by atoms with Crippen molar-refractivity contribution in [1.29, 1.82) is 0 Å². The summed E-state index contributed by atoms with van der Waals surface area (Å²) in [5.74, 6) is -1.48. The molecule has 0 bridgehead atoms. The van der Waals surface area contributed by atoms with Gasteiger partial charge >= 0.3 is 0 Å². The van der Waals surface area contributed by atoms with Gasteiger partial charge in [-0.1, -0.05) is 72.8 Å². The van der Waals surface area contributed by atoms with Crippen LogP contribution in [-0.2, 0) is 4.84 Å². The molecule has 5 nitrogen and oxygen atoms in total. The Morgan fingerprint density at radius 3 is 1.74 bits per heavy atom. The minimum Gasteiger partial charge on any atom is -0.291 e. The highest BCUT2D eigenvalue weighted by Gasteiger charge is 2.39. The van der Waals surface area contributed by atoms with Crippen LogP contribution in [-0.4, -0.2) is 22.7 Å². The van der Waals surface area contributed by atoms with Crippen molar-refractivity contribution in [3.05, 3.63) is 107 Å². The molecule has 132 valence electrons. The largest absolute Gasteiger partial charge is 0.291 e. The van der Waals surface area contributed by atoms with E-state index in [0.717, 1.165) is 0 Å². The van der Waals surface area contributed by atoms with Crippen LogP contribution in [0.2, 0.25) is 0 Å². The normalized spacial score (nSPS) is 14.1. The number of rotatable bonds is 5. The Hall–Kier alpha value is -3.57. The van der Waals surface area contributed by atoms with E-state index in [9.17, 15) is 14.4 Å². The number of imide groups is 1. The zero-order chi connectivity index (χ0) is 18.8. The number of nitrogens with zero attached hydrogens (tertiary/aromatic N) is 1. The zero-order valence-corrected chi connectivity index (χ0v) is 14.2. The first-order valence-electron chi connectivity index (χ1n) is 8.45. The van der Waals surface area contributed by atoms with Gasteiger partial charge in [0.25, 0.3) is 11.8 Å². The Morgan fingerprint density at radius 2 is 1.19 bits per heavy atom. The van der Waals surface area contributed by atoms with Gasteiger partial charge in [-0.15, -0.1) is 5.06 Å². The Labute approximate surface area is 155 Å². The van der Waals surface area contributed by atoms with E-state index in [4.69, 9.17) is 4.84 Å². The van der Waals surface area contributed by atoms with Crippen molar-refractivity contribution in [1.82, 2.24) is 5.06 Å². The maximum atomic E-state index is 13.0. The fraction of sp³-hybridized carbons (Fsp3) is 0.0455. The van der Waals surface area contributed by atoms with E-state index in [1.165, 1.54) is 0 Å². The van der Waals surface area contributed by atoms with Crippen LogP contribution >= 0.6 is 0 Å². The van der Waals surface area contributed by atoms with Gasteiger partial charge in [0.2, 0.25) is 0 Å². The number of Topliss-reactive ketones (excluding diaryl/α,β-unsaturated/α-hetero) is 1. The molecule has 0 saturated carbocycles. The molecule has 2 amide bonds. The van der Waals surface area contributed by atoms with Crippen molar-refractivity contribution in [2.45, 2.75) is 6.10 Å². The predicted octanol–water partition coefficient (Wildman–Crippen LogP) is 3.84. The Morgan fingerprint density at radius 1 is 0.704 bits per heavy atom. The monoisotopic (exact) mass is 357 g/mol. The lowest BCUT2D eigenvalue weighted by molar-refractivity contribution is -0.119. The molecule has 3 aromatic rings. The molecule has 1 atom stereocenters. The number of benzene rings is 3. The first-order valence-corrected chi connectivity index (χ1v) is 8.45. The van der Waals surface area contributed by atoms with Crippen molar-refractivity contribution in [2.75, 3.05) is 0 Å². The number of hydroxylamine groups is 2. The second kappa shape index (κ2) is 6.97. The van der Waals surface area contributed by atoms with E-state index in [2.05, 4.69) is 0 Å². The van der Waals surface area contributed by atoms with Crippen LogP contribution in [0.15, 0.2) is 84.9 Å². The van der Waals surface area contributed by atoms with E-state index < -0.39 is 17.9 Å². The van der Waals surface area contributed by atoms with Gasteiger partial charge in [-0.3, -0.25) is 14.4 Å². The summed E-state index contributed by atoms with van der Waals surface area (Å²) >= 11 is 0. The van der Waals surface area contributed by atoms with Crippen LogP contribution in [0.3, 0.4) is 0 Å². The molecular weight excluding hydrogens is 342 g/mol. The maximum absolute atomic E-state index is 13.0. The van der Waals surface area contributed by atoms with Crippen molar-refractivity contribution < 1.29 is 19.2 Å². The number of hydrogen-bond acceptors (Lipinski definition) is 4. The molecule has 0 radical (unpaired) electrons. The highest BCUT2D eigenvalue weighted by molar-refractivity contribution is 6.20.